The number of β-lactam (4-membered cyclic amide) rings is 1. The molecule has 1 N–H and O–H groups in total. The Morgan fingerprint density at radius 1 is 1.09 bits per heavy atom. The van der Waals surface area contributed by atoms with Gasteiger partial charge in [-0.3, -0.25) is 14.4 Å². The van der Waals surface area contributed by atoms with Crippen LogP contribution in [0.3, 0.4) is 0 Å². The van der Waals surface area contributed by atoms with Gasteiger partial charge in [-0.05, 0) is 25.0 Å². The molecule has 0 saturated carbocycles. The molecule has 2 aromatic rings. The molecule has 2 fully saturated rings. The number of carboxylic acid groups (broad SMARTS) is 1. The molecular weight excluding hydrogens is 467 g/mol. The van der Waals surface area contributed by atoms with Gasteiger partial charge in [-0.1, -0.05) is 60.7 Å². The largest absolute Gasteiger partial charge is 1.00 e. The molecule has 0 spiro atoms. The molecule has 34 heavy (non-hydrogen) atoms. The predicted molar refractivity (Wildman–Crippen MR) is 118 cm³/mol. The first-order chi connectivity index (χ1) is 15.7. The van der Waals surface area contributed by atoms with Gasteiger partial charge < -0.3 is 24.9 Å². The van der Waals surface area contributed by atoms with Gasteiger partial charge in [0.05, 0.1) is 12.0 Å². The van der Waals surface area contributed by atoms with E-state index < -0.39 is 51.9 Å². The number of esters is 1. The maximum absolute atomic E-state index is 13.2. The summed E-state index contributed by atoms with van der Waals surface area (Å²) in [6, 6.07) is 15.5. The first-order valence-corrected chi connectivity index (χ1v) is 11.4. The molecule has 0 radical (unpaired) electrons. The van der Waals surface area contributed by atoms with Crippen LogP contribution in [0.5, 0.6) is 0 Å². The van der Waals surface area contributed by atoms with Crippen molar-refractivity contribution in [2.24, 2.45) is 0 Å². The number of carboxylic acids is 1. The fourth-order valence-electron chi connectivity index (χ4n) is 4.22. The summed E-state index contributed by atoms with van der Waals surface area (Å²) < 4.78 is 4.64. The Morgan fingerprint density at radius 2 is 1.68 bits per heavy atom. The van der Waals surface area contributed by atoms with Gasteiger partial charge in [-0.15, -0.1) is 11.8 Å². The zero-order valence-electron chi connectivity index (χ0n) is 19.1. The van der Waals surface area contributed by atoms with Crippen LogP contribution in [-0.2, 0) is 30.5 Å². The molecule has 10 heteroatoms. The quantitative estimate of drug-likeness (QED) is 0.203. The number of nitrogens with one attached hydrogen (secondary N) is 1. The van der Waals surface area contributed by atoms with Gasteiger partial charge in [0.15, 0.2) is 5.92 Å². The minimum Gasteiger partial charge on any atom is -0.548 e. The molecule has 8 nitrogen and oxygen atoms in total. The monoisotopic (exact) mass is 490 g/mol. The van der Waals surface area contributed by atoms with E-state index in [9.17, 15) is 24.3 Å². The van der Waals surface area contributed by atoms with Gasteiger partial charge in [-0.2, -0.15) is 0 Å². The molecule has 4 unspecified atom stereocenters. The standard InChI is InChI=1S/C24H24N2O6S.Na/c1-24(2)18(22(29)30)26-20(28)17(21(26)33-24)25-19(27)16(15-11-7-4-8-12-15)23(31)32-13-14-9-5-3-6-10-14;/h3-12,16-18,21H,13H2,1-2H3,(H,25,27)(H,29,30);/q;+1/p-1. The maximum Gasteiger partial charge on any atom is 1.00 e. The van der Waals surface area contributed by atoms with Gasteiger partial charge in [-0.25, -0.2) is 0 Å². The fraction of sp³-hybridized carbons (Fsp3) is 0.333. The number of amides is 2. The number of hydrogen-bond donors (Lipinski definition) is 1. The van der Waals surface area contributed by atoms with E-state index in [4.69, 9.17) is 4.74 Å². The number of rotatable bonds is 7. The van der Waals surface area contributed by atoms with Crippen LogP contribution in [0.4, 0.5) is 0 Å². The molecule has 0 aromatic heterocycles. The summed E-state index contributed by atoms with van der Waals surface area (Å²) in [5, 5.41) is 13.7. The Labute approximate surface area is 223 Å². The van der Waals surface area contributed by atoms with E-state index in [2.05, 4.69) is 5.32 Å². The number of fused-ring (bicyclic) bond motifs is 1. The number of nitrogens with zero attached hydrogens (tertiary/aromatic N) is 1. The average molecular weight is 491 g/mol. The van der Waals surface area contributed by atoms with Gasteiger partial charge in [0.25, 0.3) is 0 Å². The molecule has 2 amide bonds. The van der Waals surface area contributed by atoms with Crippen LogP contribution in [0, 0.1) is 0 Å². The smallest absolute Gasteiger partial charge is 0.548 e. The summed E-state index contributed by atoms with van der Waals surface area (Å²) in [5.74, 6) is -4.52. The Balaban J connectivity index is 0.00000324. The third-order valence-corrected chi connectivity index (χ3v) is 7.39. The van der Waals surface area contributed by atoms with Gasteiger partial charge >= 0.3 is 35.5 Å². The van der Waals surface area contributed by atoms with Crippen molar-refractivity contribution in [3.8, 4) is 0 Å². The zero-order chi connectivity index (χ0) is 23.8. The molecule has 2 aliphatic heterocycles. The Morgan fingerprint density at radius 3 is 2.26 bits per heavy atom. The topological polar surface area (TPSA) is 116 Å². The first-order valence-electron chi connectivity index (χ1n) is 10.5. The molecule has 2 aliphatic rings. The predicted octanol–water partition coefficient (Wildman–Crippen LogP) is -2.19. The van der Waals surface area contributed by atoms with Crippen molar-refractivity contribution in [3.05, 3.63) is 71.8 Å². The molecular formula is C24H23N2NaO6S. The second-order valence-corrected chi connectivity index (χ2v) is 10.3. The minimum atomic E-state index is -1.33. The number of hydrogen-bond acceptors (Lipinski definition) is 7. The van der Waals surface area contributed by atoms with Gasteiger partial charge in [0.1, 0.15) is 18.0 Å². The van der Waals surface area contributed by atoms with Crippen molar-refractivity contribution >= 4 is 35.5 Å². The number of thioether (sulfide) groups is 1. The fourth-order valence-corrected chi connectivity index (χ4v) is 5.84. The number of carbonyl (C=O) groups is 4. The molecule has 4 atom stereocenters. The average Bonchev–Trinajstić information content (AvgIpc) is 3.05. The Kier molecular flexibility index (Phi) is 8.13. The van der Waals surface area contributed by atoms with Crippen LogP contribution in [0.25, 0.3) is 0 Å². The minimum absolute atomic E-state index is 0. The van der Waals surface area contributed by atoms with Crippen molar-refractivity contribution in [2.45, 2.75) is 48.6 Å². The second-order valence-electron chi connectivity index (χ2n) is 8.50. The normalized spacial score (nSPS) is 23.1. The number of aliphatic carboxylic acids is 1. The number of ether oxygens (including phenoxy) is 1. The molecule has 2 heterocycles. The van der Waals surface area contributed by atoms with Crippen LogP contribution < -0.4 is 40.0 Å². The molecule has 0 aliphatic carbocycles. The van der Waals surface area contributed by atoms with Crippen molar-refractivity contribution in [3.63, 3.8) is 0 Å². The number of carbonyl (C=O) groups excluding carboxylic acids is 4. The second kappa shape index (κ2) is 10.5. The van der Waals surface area contributed by atoms with Crippen molar-refractivity contribution in [1.82, 2.24) is 10.2 Å². The van der Waals surface area contributed by atoms with Crippen LogP contribution in [-0.4, -0.2) is 50.9 Å². The maximum atomic E-state index is 13.2. The van der Waals surface area contributed by atoms with E-state index in [1.807, 2.05) is 18.2 Å². The molecule has 2 saturated heterocycles. The Bertz CT molecular complexity index is 1080. The van der Waals surface area contributed by atoms with E-state index in [1.54, 1.807) is 56.3 Å². The third-order valence-electron chi connectivity index (χ3n) is 5.82. The summed E-state index contributed by atoms with van der Waals surface area (Å²) >= 11 is 1.28. The van der Waals surface area contributed by atoms with E-state index >= 15 is 0 Å². The zero-order valence-corrected chi connectivity index (χ0v) is 21.9. The first kappa shape index (κ1) is 26.3. The summed E-state index contributed by atoms with van der Waals surface area (Å²) in [5.41, 5.74) is 1.21. The van der Waals surface area contributed by atoms with E-state index in [1.165, 1.54) is 16.7 Å². The van der Waals surface area contributed by atoms with Crippen molar-refractivity contribution in [2.75, 3.05) is 0 Å². The van der Waals surface area contributed by atoms with Crippen LogP contribution >= 0.6 is 11.8 Å². The van der Waals surface area contributed by atoms with Gasteiger partial charge in [0.2, 0.25) is 11.8 Å². The molecule has 2 aromatic carbocycles. The summed E-state index contributed by atoms with van der Waals surface area (Å²) in [4.78, 5) is 51.7. The van der Waals surface area contributed by atoms with Crippen molar-refractivity contribution < 1.29 is 58.6 Å². The van der Waals surface area contributed by atoms with Gasteiger partial charge in [0, 0.05) is 4.75 Å². The van der Waals surface area contributed by atoms with E-state index in [0.29, 0.717) is 5.56 Å². The molecule has 0 bridgehead atoms. The number of benzene rings is 2. The summed E-state index contributed by atoms with van der Waals surface area (Å²) in [7, 11) is 0. The Hall–Kier alpha value is -2.33. The van der Waals surface area contributed by atoms with E-state index in [0.717, 1.165) is 5.56 Å². The molecule has 172 valence electrons. The molecule has 4 rings (SSSR count). The van der Waals surface area contributed by atoms with Crippen molar-refractivity contribution in [1.29, 1.82) is 0 Å². The van der Waals surface area contributed by atoms with Crippen LogP contribution in [0.15, 0.2) is 60.7 Å². The third kappa shape index (κ3) is 5.02. The summed E-state index contributed by atoms with van der Waals surface area (Å²) in [6.07, 6.45) is 0. The van der Waals surface area contributed by atoms with E-state index in [-0.39, 0.29) is 36.2 Å². The summed E-state index contributed by atoms with van der Waals surface area (Å²) in [6.45, 7) is 3.44. The van der Waals surface area contributed by atoms with Crippen LogP contribution in [0.1, 0.15) is 30.9 Å². The SMILES string of the molecule is CC1(C)SC2C(NC(=O)C(C(=O)OCc3ccccc3)c3ccccc3)C(=O)N2C1C(=O)[O-].[Na+]. The van der Waals surface area contributed by atoms with Crippen LogP contribution in [0.2, 0.25) is 0 Å².